The van der Waals surface area contributed by atoms with Crippen molar-refractivity contribution in [3.05, 3.63) is 48.2 Å². The van der Waals surface area contributed by atoms with Crippen molar-refractivity contribution in [3.8, 4) is 0 Å². The number of hydrogen-bond donors (Lipinski definition) is 2. The molecule has 1 fully saturated rings. The minimum absolute atomic E-state index is 0.0615. The van der Waals surface area contributed by atoms with E-state index in [0.29, 0.717) is 13.1 Å². The van der Waals surface area contributed by atoms with Gasteiger partial charge in [0, 0.05) is 37.7 Å². The second-order valence-corrected chi connectivity index (χ2v) is 6.56. The molecule has 134 valence electrons. The van der Waals surface area contributed by atoms with E-state index in [1.165, 1.54) is 0 Å². The molecule has 0 aliphatic carbocycles. The highest BCUT2D eigenvalue weighted by Gasteiger charge is 2.25. The zero-order valence-corrected chi connectivity index (χ0v) is 14.7. The Bertz CT molecular complexity index is 672. The van der Waals surface area contributed by atoms with Crippen molar-refractivity contribution in [3.63, 3.8) is 0 Å². The monoisotopic (exact) mass is 342 g/mol. The number of likely N-dealkylation sites (tertiary alicyclic amines) is 1. The minimum Gasteiger partial charge on any atom is -0.468 e. The van der Waals surface area contributed by atoms with Crippen LogP contribution in [0.25, 0.3) is 0 Å². The number of piperidine rings is 1. The highest BCUT2D eigenvalue weighted by Crippen LogP contribution is 2.19. The number of hydrogen-bond acceptors (Lipinski definition) is 5. The van der Waals surface area contributed by atoms with Gasteiger partial charge in [0.05, 0.1) is 18.7 Å². The number of aryl methyl sites for hydroxylation is 1. The van der Waals surface area contributed by atoms with E-state index in [-0.39, 0.29) is 11.8 Å². The Hall–Kier alpha value is -2.34. The summed E-state index contributed by atoms with van der Waals surface area (Å²) >= 11 is 0. The summed E-state index contributed by atoms with van der Waals surface area (Å²) in [7, 11) is 0. The van der Waals surface area contributed by atoms with Gasteiger partial charge in [-0.3, -0.25) is 14.7 Å². The number of rotatable bonds is 7. The lowest BCUT2D eigenvalue weighted by atomic mass is 9.97. The third kappa shape index (κ3) is 5.06. The summed E-state index contributed by atoms with van der Waals surface area (Å²) in [6.07, 6.45) is 7.30. The number of carbonyl (C=O) groups is 1. The summed E-state index contributed by atoms with van der Waals surface area (Å²) in [6.45, 7) is 5.94. The number of amides is 1. The van der Waals surface area contributed by atoms with E-state index in [2.05, 4.69) is 20.5 Å². The Balaban J connectivity index is 1.39. The number of pyridine rings is 1. The van der Waals surface area contributed by atoms with Gasteiger partial charge in [-0.15, -0.1) is 0 Å². The van der Waals surface area contributed by atoms with Gasteiger partial charge in [-0.1, -0.05) is 0 Å². The molecule has 2 aromatic heterocycles. The van der Waals surface area contributed by atoms with Crippen molar-refractivity contribution < 1.29 is 9.21 Å². The second-order valence-electron chi connectivity index (χ2n) is 6.56. The predicted octanol–water partition coefficient (Wildman–Crippen LogP) is 2.42. The van der Waals surface area contributed by atoms with E-state index in [1.54, 1.807) is 12.5 Å². The first-order chi connectivity index (χ1) is 12.2. The first-order valence-corrected chi connectivity index (χ1v) is 8.89. The lowest BCUT2D eigenvalue weighted by Gasteiger charge is -2.31. The average Bonchev–Trinajstić information content (AvgIpc) is 3.13. The van der Waals surface area contributed by atoms with Crippen LogP contribution in [0.3, 0.4) is 0 Å². The molecule has 0 spiro atoms. The van der Waals surface area contributed by atoms with Crippen molar-refractivity contribution in [1.82, 2.24) is 15.2 Å². The standard InChI is InChI=1S/C19H26N4O2/c1-15-12-20-7-6-18(15)21-8-9-22-19(24)16-4-2-10-23(13-16)14-17-5-3-11-25-17/h3,5-7,11-12,16H,2,4,8-10,13-14H2,1H3,(H,20,21)(H,22,24)/t16-/m0/s1. The zero-order chi connectivity index (χ0) is 17.5. The highest BCUT2D eigenvalue weighted by atomic mass is 16.3. The molecular formula is C19H26N4O2. The maximum atomic E-state index is 12.4. The molecule has 3 rings (SSSR count). The van der Waals surface area contributed by atoms with Crippen LogP contribution in [0, 0.1) is 12.8 Å². The highest BCUT2D eigenvalue weighted by molar-refractivity contribution is 5.79. The van der Waals surface area contributed by atoms with Gasteiger partial charge < -0.3 is 15.1 Å². The summed E-state index contributed by atoms with van der Waals surface area (Å²) in [5, 5.41) is 6.39. The third-order valence-electron chi connectivity index (χ3n) is 4.60. The zero-order valence-electron chi connectivity index (χ0n) is 14.7. The Kier molecular flexibility index (Phi) is 6.06. The number of nitrogens with zero attached hydrogens (tertiary/aromatic N) is 2. The van der Waals surface area contributed by atoms with E-state index in [4.69, 9.17) is 4.42 Å². The third-order valence-corrected chi connectivity index (χ3v) is 4.60. The van der Waals surface area contributed by atoms with Gasteiger partial charge in [-0.05, 0) is 50.1 Å². The van der Waals surface area contributed by atoms with Crippen LogP contribution in [0.5, 0.6) is 0 Å². The number of aromatic nitrogens is 1. The van der Waals surface area contributed by atoms with Gasteiger partial charge in [0.25, 0.3) is 0 Å². The molecule has 1 atom stereocenters. The van der Waals surface area contributed by atoms with Gasteiger partial charge in [-0.2, -0.15) is 0 Å². The molecule has 0 bridgehead atoms. The van der Waals surface area contributed by atoms with E-state index >= 15 is 0 Å². The van der Waals surface area contributed by atoms with Crippen LogP contribution in [-0.2, 0) is 11.3 Å². The van der Waals surface area contributed by atoms with Gasteiger partial charge in [0.1, 0.15) is 5.76 Å². The first kappa shape index (κ1) is 17.5. The molecule has 2 aromatic rings. The molecule has 0 saturated carbocycles. The van der Waals surface area contributed by atoms with Crippen LogP contribution >= 0.6 is 0 Å². The van der Waals surface area contributed by atoms with Crippen molar-refractivity contribution in [1.29, 1.82) is 0 Å². The Morgan fingerprint density at radius 3 is 3.12 bits per heavy atom. The lowest BCUT2D eigenvalue weighted by Crippen LogP contribution is -2.43. The molecule has 0 unspecified atom stereocenters. The summed E-state index contributed by atoms with van der Waals surface area (Å²) in [6, 6.07) is 5.84. The van der Waals surface area contributed by atoms with Crippen LogP contribution in [-0.4, -0.2) is 42.0 Å². The first-order valence-electron chi connectivity index (χ1n) is 8.89. The van der Waals surface area contributed by atoms with Crippen molar-refractivity contribution in [2.45, 2.75) is 26.3 Å². The Morgan fingerprint density at radius 1 is 1.40 bits per heavy atom. The summed E-state index contributed by atoms with van der Waals surface area (Å²) in [4.78, 5) is 18.8. The maximum Gasteiger partial charge on any atom is 0.224 e. The fraction of sp³-hybridized carbons (Fsp3) is 0.474. The topological polar surface area (TPSA) is 70.4 Å². The molecule has 1 saturated heterocycles. The van der Waals surface area contributed by atoms with Crippen LogP contribution in [0.15, 0.2) is 41.3 Å². The largest absolute Gasteiger partial charge is 0.468 e. The number of carbonyl (C=O) groups excluding carboxylic acids is 1. The predicted molar refractivity (Wildman–Crippen MR) is 97.2 cm³/mol. The average molecular weight is 342 g/mol. The van der Waals surface area contributed by atoms with Gasteiger partial charge in [0.15, 0.2) is 0 Å². The van der Waals surface area contributed by atoms with E-state index < -0.39 is 0 Å². The van der Waals surface area contributed by atoms with E-state index in [0.717, 1.165) is 49.5 Å². The minimum atomic E-state index is 0.0615. The van der Waals surface area contributed by atoms with Gasteiger partial charge in [0.2, 0.25) is 5.91 Å². The van der Waals surface area contributed by atoms with Gasteiger partial charge >= 0.3 is 0 Å². The van der Waals surface area contributed by atoms with Crippen LogP contribution in [0.4, 0.5) is 5.69 Å². The Morgan fingerprint density at radius 2 is 2.32 bits per heavy atom. The van der Waals surface area contributed by atoms with E-state index in [1.807, 2.05) is 31.3 Å². The van der Waals surface area contributed by atoms with Crippen molar-refractivity contribution in [2.75, 3.05) is 31.5 Å². The molecule has 0 aromatic carbocycles. The lowest BCUT2D eigenvalue weighted by molar-refractivity contribution is -0.126. The smallest absolute Gasteiger partial charge is 0.224 e. The van der Waals surface area contributed by atoms with Crippen molar-refractivity contribution >= 4 is 11.6 Å². The molecule has 1 aliphatic rings. The fourth-order valence-electron chi connectivity index (χ4n) is 3.24. The molecule has 1 amide bonds. The van der Waals surface area contributed by atoms with Crippen LogP contribution in [0.2, 0.25) is 0 Å². The Labute approximate surface area is 148 Å². The van der Waals surface area contributed by atoms with Crippen molar-refractivity contribution in [2.24, 2.45) is 5.92 Å². The van der Waals surface area contributed by atoms with E-state index in [9.17, 15) is 4.79 Å². The molecule has 3 heterocycles. The number of anilines is 1. The molecule has 25 heavy (non-hydrogen) atoms. The molecular weight excluding hydrogens is 316 g/mol. The summed E-state index contributed by atoms with van der Waals surface area (Å²) in [5.41, 5.74) is 2.17. The van der Waals surface area contributed by atoms with Gasteiger partial charge in [-0.25, -0.2) is 0 Å². The molecule has 6 heteroatoms. The number of furan rings is 1. The number of nitrogens with one attached hydrogen (secondary N) is 2. The second kappa shape index (κ2) is 8.67. The quantitative estimate of drug-likeness (QED) is 0.756. The fourth-order valence-corrected chi connectivity index (χ4v) is 3.24. The molecule has 6 nitrogen and oxygen atoms in total. The molecule has 2 N–H and O–H groups in total. The molecule has 0 radical (unpaired) electrons. The summed E-state index contributed by atoms with van der Waals surface area (Å²) in [5.74, 6) is 1.17. The summed E-state index contributed by atoms with van der Waals surface area (Å²) < 4.78 is 5.41. The normalized spacial score (nSPS) is 18.0. The SMILES string of the molecule is Cc1cnccc1NCCNC(=O)[C@H]1CCCN(Cc2ccco2)C1. The molecule has 1 aliphatic heterocycles. The van der Waals surface area contributed by atoms with Crippen LogP contribution < -0.4 is 10.6 Å². The van der Waals surface area contributed by atoms with Crippen LogP contribution in [0.1, 0.15) is 24.2 Å². The maximum absolute atomic E-state index is 12.4.